The van der Waals surface area contributed by atoms with Crippen LogP contribution in [0.3, 0.4) is 0 Å². The number of rotatable bonds is 6. The van der Waals surface area contributed by atoms with E-state index in [0.29, 0.717) is 11.3 Å². The summed E-state index contributed by atoms with van der Waals surface area (Å²) < 4.78 is 1.12. The lowest BCUT2D eigenvalue weighted by atomic mass is 9.53. The molecule has 6 heteroatoms. The molecule has 6 rings (SSSR count). The number of anilines is 1. The molecule has 2 aromatic carbocycles. The molecule has 0 saturated heterocycles. The normalized spacial score (nSPS) is 28.4. The van der Waals surface area contributed by atoms with E-state index < -0.39 is 0 Å². The Morgan fingerprint density at radius 1 is 0.935 bits per heavy atom. The fraction of sp³-hybridized carbons (Fsp3) is 0.440. The molecular weight excluding hydrogens is 519 g/mol. The number of thioether (sulfide) groups is 1. The molecule has 162 valence electrons. The van der Waals surface area contributed by atoms with E-state index in [2.05, 4.69) is 33.2 Å². The smallest absolute Gasteiger partial charge is 0.256 e. The SMILES string of the molecule is O=C(CSc1ccccc1C(=O)Nc1ccc(I)cc1)NC12CC3CC(CC(C3)C1)C2. The Morgan fingerprint density at radius 3 is 2.19 bits per heavy atom. The van der Waals surface area contributed by atoms with E-state index in [1.165, 1.54) is 31.0 Å². The molecule has 0 heterocycles. The number of carbonyl (C=O) groups excluding carboxylic acids is 2. The molecule has 4 aliphatic carbocycles. The van der Waals surface area contributed by atoms with Crippen LogP contribution in [0.15, 0.2) is 53.4 Å². The largest absolute Gasteiger partial charge is 0.350 e. The van der Waals surface area contributed by atoms with Gasteiger partial charge in [-0.25, -0.2) is 0 Å². The molecule has 0 atom stereocenters. The van der Waals surface area contributed by atoms with E-state index in [4.69, 9.17) is 0 Å². The summed E-state index contributed by atoms with van der Waals surface area (Å²) in [6.07, 6.45) is 7.58. The van der Waals surface area contributed by atoms with E-state index in [9.17, 15) is 9.59 Å². The minimum Gasteiger partial charge on any atom is -0.350 e. The molecule has 0 radical (unpaired) electrons. The Bertz CT molecular complexity index is 956. The van der Waals surface area contributed by atoms with E-state index in [-0.39, 0.29) is 17.4 Å². The van der Waals surface area contributed by atoms with Crippen LogP contribution in [0.4, 0.5) is 5.69 Å². The van der Waals surface area contributed by atoms with Gasteiger partial charge < -0.3 is 10.6 Å². The first-order chi connectivity index (χ1) is 15.0. The van der Waals surface area contributed by atoms with Crippen molar-refractivity contribution in [3.63, 3.8) is 0 Å². The fourth-order valence-corrected chi connectivity index (χ4v) is 7.46. The second-order valence-corrected chi connectivity index (χ2v) is 11.8. The standard InChI is InChI=1S/C25H27IN2O2S/c26-19-5-7-20(8-6-19)27-24(30)21-3-1-2-4-22(21)31-15-23(29)28-25-12-16-9-17(13-25)11-18(10-16)14-25/h1-8,16-18H,9-15H2,(H,27,30)(H,28,29). The van der Waals surface area contributed by atoms with Crippen LogP contribution in [0.1, 0.15) is 48.9 Å². The summed E-state index contributed by atoms with van der Waals surface area (Å²) in [7, 11) is 0. The van der Waals surface area contributed by atoms with Gasteiger partial charge in [0.05, 0.1) is 11.3 Å². The van der Waals surface area contributed by atoms with Crippen molar-refractivity contribution < 1.29 is 9.59 Å². The van der Waals surface area contributed by atoms with E-state index >= 15 is 0 Å². The Balaban J connectivity index is 1.21. The third kappa shape index (κ3) is 4.80. The quantitative estimate of drug-likeness (QED) is 0.360. The summed E-state index contributed by atoms with van der Waals surface area (Å²) in [5, 5.41) is 6.39. The van der Waals surface area contributed by atoms with E-state index in [1.807, 2.05) is 48.5 Å². The molecule has 0 aromatic heterocycles. The highest BCUT2D eigenvalue weighted by Gasteiger charge is 2.51. The van der Waals surface area contributed by atoms with Crippen molar-refractivity contribution in [3.05, 3.63) is 57.7 Å². The van der Waals surface area contributed by atoms with Crippen LogP contribution in [0.2, 0.25) is 0 Å². The summed E-state index contributed by atoms with van der Waals surface area (Å²) in [5.41, 5.74) is 1.41. The van der Waals surface area contributed by atoms with Crippen LogP contribution in [0.25, 0.3) is 0 Å². The van der Waals surface area contributed by atoms with Gasteiger partial charge in [-0.1, -0.05) is 12.1 Å². The fourth-order valence-electron chi connectivity index (χ4n) is 6.25. The second kappa shape index (κ2) is 8.77. The summed E-state index contributed by atoms with van der Waals surface area (Å²) in [6.45, 7) is 0. The molecule has 4 bridgehead atoms. The van der Waals surface area contributed by atoms with Gasteiger partial charge in [-0.2, -0.15) is 0 Å². The summed E-state index contributed by atoms with van der Waals surface area (Å²) >= 11 is 3.69. The number of benzene rings is 2. The molecule has 2 aromatic rings. The predicted molar refractivity (Wildman–Crippen MR) is 133 cm³/mol. The predicted octanol–water partition coefficient (Wildman–Crippen LogP) is 5.72. The Kier molecular flexibility index (Phi) is 6.03. The van der Waals surface area contributed by atoms with Gasteiger partial charge in [-0.05, 0) is 115 Å². The Labute approximate surface area is 201 Å². The molecule has 31 heavy (non-hydrogen) atoms. The number of nitrogens with one attached hydrogen (secondary N) is 2. The van der Waals surface area contributed by atoms with Crippen LogP contribution >= 0.6 is 34.4 Å². The first-order valence-electron chi connectivity index (χ1n) is 11.1. The lowest BCUT2D eigenvalue weighted by molar-refractivity contribution is -0.124. The van der Waals surface area contributed by atoms with E-state index in [0.717, 1.165) is 51.2 Å². The maximum absolute atomic E-state index is 12.9. The van der Waals surface area contributed by atoms with Gasteiger partial charge in [0.15, 0.2) is 0 Å². The van der Waals surface area contributed by atoms with E-state index in [1.54, 1.807) is 0 Å². The maximum Gasteiger partial charge on any atom is 0.256 e. The molecule has 0 spiro atoms. The van der Waals surface area contributed by atoms with Gasteiger partial charge in [0, 0.05) is 19.7 Å². The van der Waals surface area contributed by atoms with Gasteiger partial charge in [0.25, 0.3) is 5.91 Å². The third-order valence-corrected chi connectivity index (χ3v) is 8.83. The summed E-state index contributed by atoms with van der Waals surface area (Å²) in [5.74, 6) is 2.72. The van der Waals surface area contributed by atoms with Crippen molar-refractivity contribution in [2.75, 3.05) is 11.1 Å². The van der Waals surface area contributed by atoms with Gasteiger partial charge in [-0.3, -0.25) is 9.59 Å². The van der Waals surface area contributed by atoms with Crippen molar-refractivity contribution in [1.82, 2.24) is 5.32 Å². The highest BCUT2D eigenvalue weighted by atomic mass is 127. The zero-order chi connectivity index (χ0) is 21.4. The molecule has 4 nitrogen and oxygen atoms in total. The third-order valence-electron chi connectivity index (χ3n) is 7.04. The van der Waals surface area contributed by atoms with Crippen LogP contribution in [-0.2, 0) is 4.79 Å². The second-order valence-electron chi connectivity index (χ2n) is 9.49. The summed E-state index contributed by atoms with van der Waals surface area (Å²) in [4.78, 5) is 26.5. The van der Waals surface area contributed by atoms with Gasteiger partial charge in [0.2, 0.25) is 5.91 Å². The highest BCUT2D eigenvalue weighted by molar-refractivity contribution is 14.1. The van der Waals surface area contributed by atoms with Gasteiger partial charge in [-0.15, -0.1) is 11.8 Å². The number of amides is 2. The van der Waals surface area contributed by atoms with Crippen LogP contribution in [0.5, 0.6) is 0 Å². The molecule has 4 fully saturated rings. The molecule has 0 unspecified atom stereocenters. The highest BCUT2D eigenvalue weighted by Crippen LogP contribution is 2.55. The monoisotopic (exact) mass is 546 g/mol. The van der Waals surface area contributed by atoms with Crippen LogP contribution in [-0.4, -0.2) is 23.1 Å². The zero-order valence-corrected chi connectivity index (χ0v) is 20.4. The topological polar surface area (TPSA) is 58.2 Å². The van der Waals surface area contributed by atoms with Crippen molar-refractivity contribution >= 4 is 51.9 Å². The summed E-state index contributed by atoms with van der Waals surface area (Å²) in [6, 6.07) is 15.2. The molecule has 4 saturated carbocycles. The lowest BCUT2D eigenvalue weighted by Crippen LogP contribution is -2.60. The van der Waals surface area contributed by atoms with Crippen molar-refractivity contribution in [3.8, 4) is 0 Å². The molecule has 4 aliphatic rings. The minimum absolute atomic E-state index is 0.0358. The Morgan fingerprint density at radius 2 is 1.55 bits per heavy atom. The number of hydrogen-bond donors (Lipinski definition) is 2. The number of halogens is 1. The number of carbonyl (C=O) groups is 2. The average Bonchev–Trinajstić information content (AvgIpc) is 2.73. The van der Waals surface area contributed by atoms with Gasteiger partial charge in [0.1, 0.15) is 0 Å². The zero-order valence-electron chi connectivity index (χ0n) is 17.4. The lowest BCUT2D eigenvalue weighted by Gasteiger charge is -2.56. The first-order valence-corrected chi connectivity index (χ1v) is 13.1. The van der Waals surface area contributed by atoms with Crippen LogP contribution in [0, 0.1) is 21.3 Å². The van der Waals surface area contributed by atoms with Crippen molar-refractivity contribution in [2.45, 2.75) is 49.0 Å². The van der Waals surface area contributed by atoms with Crippen molar-refractivity contribution in [2.24, 2.45) is 17.8 Å². The Hall–Kier alpha value is -1.54. The maximum atomic E-state index is 12.9. The van der Waals surface area contributed by atoms with Crippen LogP contribution < -0.4 is 10.6 Å². The van der Waals surface area contributed by atoms with Gasteiger partial charge >= 0.3 is 0 Å². The molecule has 0 aliphatic heterocycles. The average molecular weight is 546 g/mol. The van der Waals surface area contributed by atoms with Crippen molar-refractivity contribution in [1.29, 1.82) is 0 Å². The first kappa shape index (κ1) is 21.3. The minimum atomic E-state index is -0.147. The molecule has 2 N–H and O–H groups in total. The molecular formula is C25H27IN2O2S. The molecule has 2 amide bonds. The number of hydrogen-bond acceptors (Lipinski definition) is 3.